The van der Waals surface area contributed by atoms with Gasteiger partial charge >= 0.3 is 11.9 Å². The SMILES string of the molecule is CCC12C=CC(C1)C(C(=O)O)C2C(=O)ON1CCCC1. The minimum atomic E-state index is -0.877. The van der Waals surface area contributed by atoms with E-state index in [1.54, 1.807) is 5.06 Å². The lowest BCUT2D eigenvalue weighted by Crippen LogP contribution is -2.41. The second kappa shape index (κ2) is 4.88. The van der Waals surface area contributed by atoms with Gasteiger partial charge in [-0.3, -0.25) is 4.79 Å². The van der Waals surface area contributed by atoms with Crippen LogP contribution in [0, 0.1) is 23.2 Å². The number of aliphatic carboxylic acids is 1. The number of hydrogen-bond acceptors (Lipinski definition) is 4. The molecule has 1 saturated heterocycles. The first-order valence-electron chi connectivity index (χ1n) is 7.46. The predicted octanol–water partition coefficient (Wildman–Crippen LogP) is 1.84. The van der Waals surface area contributed by atoms with E-state index < -0.39 is 17.8 Å². The Labute approximate surface area is 118 Å². The summed E-state index contributed by atoms with van der Waals surface area (Å²) in [6.45, 7) is 3.54. The summed E-state index contributed by atoms with van der Waals surface area (Å²) in [5, 5.41) is 11.2. The van der Waals surface area contributed by atoms with E-state index in [9.17, 15) is 14.7 Å². The highest BCUT2D eigenvalue weighted by molar-refractivity contribution is 5.84. The van der Waals surface area contributed by atoms with Crippen LogP contribution in [0.2, 0.25) is 0 Å². The summed E-state index contributed by atoms with van der Waals surface area (Å²) in [6.07, 6.45) is 7.63. The predicted molar refractivity (Wildman–Crippen MR) is 71.5 cm³/mol. The fourth-order valence-electron chi connectivity index (χ4n) is 4.12. The largest absolute Gasteiger partial charge is 0.481 e. The highest BCUT2D eigenvalue weighted by atomic mass is 16.7. The summed E-state index contributed by atoms with van der Waals surface area (Å²) in [4.78, 5) is 29.5. The molecule has 0 radical (unpaired) electrons. The maximum Gasteiger partial charge on any atom is 0.329 e. The zero-order valence-electron chi connectivity index (χ0n) is 11.7. The number of fused-ring (bicyclic) bond motifs is 2. The van der Waals surface area contributed by atoms with Crippen LogP contribution in [0.15, 0.2) is 12.2 Å². The molecule has 1 saturated carbocycles. The molecule has 20 heavy (non-hydrogen) atoms. The molecular weight excluding hydrogens is 258 g/mol. The molecule has 1 aliphatic heterocycles. The molecule has 3 aliphatic rings. The molecule has 1 heterocycles. The van der Waals surface area contributed by atoms with Crippen LogP contribution in [0.4, 0.5) is 0 Å². The van der Waals surface area contributed by atoms with Gasteiger partial charge in [-0.15, -0.1) is 5.06 Å². The highest BCUT2D eigenvalue weighted by Gasteiger charge is 2.60. The fourth-order valence-corrected chi connectivity index (χ4v) is 4.12. The van der Waals surface area contributed by atoms with Crippen molar-refractivity contribution in [3.05, 3.63) is 12.2 Å². The third-order valence-electron chi connectivity index (χ3n) is 5.21. The van der Waals surface area contributed by atoms with Gasteiger partial charge in [-0.05, 0) is 31.6 Å². The van der Waals surface area contributed by atoms with Gasteiger partial charge in [0.15, 0.2) is 0 Å². The van der Waals surface area contributed by atoms with E-state index in [-0.39, 0.29) is 17.3 Å². The Bertz CT molecular complexity index is 455. The smallest absolute Gasteiger partial charge is 0.329 e. The monoisotopic (exact) mass is 279 g/mol. The zero-order valence-corrected chi connectivity index (χ0v) is 11.7. The molecule has 2 aliphatic carbocycles. The average Bonchev–Trinajstić information content (AvgIpc) is 3.12. The standard InChI is InChI=1S/C15H21NO4/c1-2-15-6-5-10(9-15)11(13(17)18)12(15)14(19)20-16-7-3-4-8-16/h5-6,10-12H,2-4,7-9H2,1H3,(H,17,18). The zero-order chi connectivity index (χ0) is 14.3. The van der Waals surface area contributed by atoms with Crippen molar-refractivity contribution in [1.29, 1.82) is 0 Å². The lowest BCUT2D eigenvalue weighted by Gasteiger charge is -2.33. The first-order valence-corrected chi connectivity index (χ1v) is 7.46. The normalized spacial score (nSPS) is 39.4. The van der Waals surface area contributed by atoms with E-state index in [0.29, 0.717) is 0 Å². The molecule has 0 aromatic heterocycles. The molecule has 1 N–H and O–H groups in total. The summed E-state index contributed by atoms with van der Waals surface area (Å²) in [5.74, 6) is -2.43. The molecule has 5 heteroatoms. The van der Waals surface area contributed by atoms with Gasteiger partial charge in [0.05, 0.1) is 11.8 Å². The Morgan fingerprint density at radius 1 is 1.40 bits per heavy atom. The van der Waals surface area contributed by atoms with E-state index in [4.69, 9.17) is 4.84 Å². The summed E-state index contributed by atoms with van der Waals surface area (Å²) >= 11 is 0. The Balaban J connectivity index is 1.82. The van der Waals surface area contributed by atoms with Gasteiger partial charge in [0.2, 0.25) is 0 Å². The summed E-state index contributed by atoms with van der Waals surface area (Å²) < 4.78 is 0. The van der Waals surface area contributed by atoms with Crippen LogP contribution in [-0.4, -0.2) is 35.2 Å². The van der Waals surface area contributed by atoms with Crippen molar-refractivity contribution in [1.82, 2.24) is 5.06 Å². The molecule has 110 valence electrons. The number of carboxylic acids is 1. The Morgan fingerprint density at radius 2 is 2.10 bits per heavy atom. The quantitative estimate of drug-likeness (QED) is 0.795. The van der Waals surface area contributed by atoms with Gasteiger partial charge in [-0.1, -0.05) is 19.1 Å². The molecule has 4 atom stereocenters. The second-order valence-electron chi connectivity index (χ2n) is 6.20. The van der Waals surface area contributed by atoms with Crippen molar-refractivity contribution < 1.29 is 19.5 Å². The molecule has 5 nitrogen and oxygen atoms in total. The maximum absolute atomic E-state index is 12.5. The van der Waals surface area contributed by atoms with E-state index >= 15 is 0 Å². The minimum Gasteiger partial charge on any atom is -0.481 e. The van der Waals surface area contributed by atoms with E-state index in [0.717, 1.165) is 38.8 Å². The van der Waals surface area contributed by atoms with Crippen molar-refractivity contribution in [2.24, 2.45) is 23.2 Å². The first kappa shape index (κ1) is 13.6. The Morgan fingerprint density at radius 3 is 2.70 bits per heavy atom. The van der Waals surface area contributed by atoms with Crippen LogP contribution in [0.1, 0.15) is 32.6 Å². The summed E-state index contributed by atoms with van der Waals surface area (Å²) in [6, 6.07) is 0. The lowest BCUT2D eigenvalue weighted by atomic mass is 9.72. The summed E-state index contributed by atoms with van der Waals surface area (Å²) in [5.41, 5.74) is -0.315. The number of hydroxylamine groups is 2. The molecule has 3 rings (SSSR count). The first-order chi connectivity index (χ1) is 9.57. The van der Waals surface area contributed by atoms with Crippen LogP contribution in [0.5, 0.6) is 0 Å². The van der Waals surface area contributed by atoms with Gasteiger partial charge < -0.3 is 9.94 Å². The minimum absolute atomic E-state index is 0.0245. The Hall–Kier alpha value is -1.36. The topological polar surface area (TPSA) is 66.8 Å². The van der Waals surface area contributed by atoms with E-state index in [2.05, 4.69) is 0 Å². The number of hydrogen-bond donors (Lipinski definition) is 1. The molecule has 0 amide bonds. The molecule has 0 spiro atoms. The van der Waals surface area contributed by atoms with Crippen LogP contribution in [0.3, 0.4) is 0 Å². The fraction of sp³-hybridized carbons (Fsp3) is 0.733. The van der Waals surface area contributed by atoms with E-state index in [1.807, 2.05) is 19.1 Å². The number of rotatable bonds is 4. The second-order valence-corrected chi connectivity index (χ2v) is 6.20. The molecule has 0 aromatic rings. The van der Waals surface area contributed by atoms with Gasteiger partial charge in [0.1, 0.15) is 0 Å². The van der Waals surface area contributed by atoms with Crippen LogP contribution in [0.25, 0.3) is 0 Å². The molecule has 2 bridgehead atoms. The average molecular weight is 279 g/mol. The van der Waals surface area contributed by atoms with Crippen LogP contribution < -0.4 is 0 Å². The van der Waals surface area contributed by atoms with Crippen molar-refractivity contribution in [3.8, 4) is 0 Å². The van der Waals surface area contributed by atoms with Crippen LogP contribution >= 0.6 is 0 Å². The maximum atomic E-state index is 12.5. The number of carboxylic acid groups (broad SMARTS) is 1. The van der Waals surface area contributed by atoms with E-state index in [1.165, 1.54) is 0 Å². The van der Waals surface area contributed by atoms with Crippen LogP contribution in [-0.2, 0) is 14.4 Å². The number of carbonyl (C=O) groups is 2. The molecule has 2 fully saturated rings. The highest BCUT2D eigenvalue weighted by Crippen LogP contribution is 2.58. The van der Waals surface area contributed by atoms with Gasteiger partial charge in [0, 0.05) is 18.5 Å². The third kappa shape index (κ3) is 1.95. The van der Waals surface area contributed by atoms with Crippen molar-refractivity contribution in [2.45, 2.75) is 32.6 Å². The van der Waals surface area contributed by atoms with Gasteiger partial charge in [-0.2, -0.15) is 0 Å². The molecule has 4 unspecified atom stereocenters. The van der Waals surface area contributed by atoms with Gasteiger partial charge in [0.25, 0.3) is 0 Å². The molecule has 0 aromatic carbocycles. The van der Waals surface area contributed by atoms with Crippen molar-refractivity contribution in [2.75, 3.05) is 13.1 Å². The van der Waals surface area contributed by atoms with Gasteiger partial charge in [-0.25, -0.2) is 4.79 Å². The number of allylic oxidation sites excluding steroid dienone is 2. The number of nitrogens with zero attached hydrogens (tertiary/aromatic N) is 1. The van der Waals surface area contributed by atoms with Crippen molar-refractivity contribution in [3.63, 3.8) is 0 Å². The number of carbonyl (C=O) groups excluding carboxylic acids is 1. The van der Waals surface area contributed by atoms with Crippen molar-refractivity contribution >= 4 is 11.9 Å². The Kier molecular flexibility index (Phi) is 3.32. The summed E-state index contributed by atoms with van der Waals surface area (Å²) in [7, 11) is 0. The lowest BCUT2D eigenvalue weighted by molar-refractivity contribution is -0.197. The third-order valence-corrected chi connectivity index (χ3v) is 5.21. The molecular formula is C15H21NO4.